The zero-order valence-corrected chi connectivity index (χ0v) is 18.4. The molecule has 2 fully saturated rings. The van der Waals surface area contributed by atoms with Crippen LogP contribution in [-0.4, -0.2) is 68.0 Å². The molecule has 6 nitrogen and oxygen atoms in total. The highest BCUT2D eigenvalue weighted by Crippen LogP contribution is 2.29. The van der Waals surface area contributed by atoms with Crippen LogP contribution in [0.15, 0.2) is 48.5 Å². The molecule has 2 saturated heterocycles. The molecule has 0 spiro atoms. The van der Waals surface area contributed by atoms with Gasteiger partial charge in [0.05, 0.1) is 12.8 Å². The molecular weight excluding hydrogens is 390 g/mol. The molecule has 0 radical (unpaired) electrons. The lowest BCUT2D eigenvalue weighted by molar-refractivity contribution is -0.137. The molecule has 31 heavy (non-hydrogen) atoms. The van der Waals surface area contributed by atoms with Gasteiger partial charge in [-0.05, 0) is 44.0 Å². The molecule has 2 amide bonds. The Hall–Kier alpha value is -3.02. The second-order valence-corrected chi connectivity index (χ2v) is 8.42. The number of piperazine rings is 1. The van der Waals surface area contributed by atoms with E-state index in [0.717, 1.165) is 61.6 Å². The van der Waals surface area contributed by atoms with Gasteiger partial charge < -0.3 is 19.4 Å². The minimum absolute atomic E-state index is 0.0138. The second-order valence-electron chi connectivity index (χ2n) is 8.42. The summed E-state index contributed by atoms with van der Waals surface area (Å²) in [5, 5.41) is 0. The number of aryl methyl sites for hydroxylation is 1. The summed E-state index contributed by atoms with van der Waals surface area (Å²) in [6, 6.07) is 15.7. The van der Waals surface area contributed by atoms with Crippen LogP contribution >= 0.6 is 0 Å². The number of anilines is 1. The van der Waals surface area contributed by atoms with E-state index in [4.69, 9.17) is 4.74 Å². The van der Waals surface area contributed by atoms with E-state index in [2.05, 4.69) is 11.0 Å². The van der Waals surface area contributed by atoms with Gasteiger partial charge in [-0.25, -0.2) is 0 Å². The van der Waals surface area contributed by atoms with Gasteiger partial charge in [-0.3, -0.25) is 9.59 Å². The molecule has 2 aliphatic rings. The lowest BCUT2D eigenvalue weighted by Gasteiger charge is -2.39. The maximum atomic E-state index is 13.1. The average Bonchev–Trinajstić information content (AvgIpc) is 2.84. The van der Waals surface area contributed by atoms with Crippen molar-refractivity contribution in [3.63, 3.8) is 0 Å². The third-order valence-corrected chi connectivity index (χ3v) is 6.45. The number of benzene rings is 2. The fourth-order valence-corrected chi connectivity index (χ4v) is 4.53. The van der Waals surface area contributed by atoms with Crippen LogP contribution in [0, 0.1) is 12.8 Å². The molecule has 0 unspecified atom stereocenters. The van der Waals surface area contributed by atoms with E-state index in [1.54, 1.807) is 7.11 Å². The Morgan fingerprint density at radius 2 is 1.48 bits per heavy atom. The van der Waals surface area contributed by atoms with Crippen molar-refractivity contribution in [2.75, 3.05) is 51.3 Å². The van der Waals surface area contributed by atoms with E-state index in [-0.39, 0.29) is 17.7 Å². The van der Waals surface area contributed by atoms with E-state index in [1.807, 2.05) is 59.2 Å². The third kappa shape index (κ3) is 4.68. The van der Waals surface area contributed by atoms with Crippen molar-refractivity contribution in [2.45, 2.75) is 19.8 Å². The molecule has 2 aromatic carbocycles. The van der Waals surface area contributed by atoms with Crippen LogP contribution in [0.25, 0.3) is 0 Å². The Balaban J connectivity index is 1.28. The highest BCUT2D eigenvalue weighted by atomic mass is 16.5. The van der Waals surface area contributed by atoms with E-state index >= 15 is 0 Å². The fourth-order valence-electron chi connectivity index (χ4n) is 4.53. The number of carbonyl (C=O) groups is 2. The first-order chi connectivity index (χ1) is 15.1. The van der Waals surface area contributed by atoms with Crippen molar-refractivity contribution >= 4 is 17.5 Å². The van der Waals surface area contributed by atoms with Gasteiger partial charge in [-0.15, -0.1) is 0 Å². The third-order valence-electron chi connectivity index (χ3n) is 6.45. The van der Waals surface area contributed by atoms with Gasteiger partial charge in [0.15, 0.2) is 0 Å². The van der Waals surface area contributed by atoms with Gasteiger partial charge >= 0.3 is 0 Å². The largest absolute Gasteiger partial charge is 0.495 e. The van der Waals surface area contributed by atoms with Gasteiger partial charge in [0.1, 0.15) is 5.75 Å². The molecule has 0 aromatic heterocycles. The Morgan fingerprint density at radius 3 is 2.13 bits per heavy atom. The summed E-state index contributed by atoms with van der Waals surface area (Å²) in [4.78, 5) is 32.0. The summed E-state index contributed by atoms with van der Waals surface area (Å²) >= 11 is 0. The Bertz CT molecular complexity index is 912. The van der Waals surface area contributed by atoms with E-state index in [1.165, 1.54) is 0 Å². The number of likely N-dealkylation sites (tertiary alicyclic amines) is 1. The summed E-state index contributed by atoms with van der Waals surface area (Å²) in [5.74, 6) is 1.19. The average molecular weight is 422 g/mol. The number of para-hydroxylation sites is 2. The maximum absolute atomic E-state index is 13.1. The summed E-state index contributed by atoms with van der Waals surface area (Å²) in [7, 11) is 1.69. The molecule has 2 heterocycles. The number of rotatable bonds is 4. The van der Waals surface area contributed by atoms with Gasteiger partial charge in [0.25, 0.3) is 5.91 Å². The molecule has 164 valence electrons. The molecule has 2 aromatic rings. The number of hydrogen-bond donors (Lipinski definition) is 0. The zero-order chi connectivity index (χ0) is 21.8. The minimum atomic E-state index is 0.0138. The Labute approximate surface area is 184 Å². The molecule has 0 aliphatic carbocycles. The topological polar surface area (TPSA) is 53.1 Å². The van der Waals surface area contributed by atoms with Crippen molar-refractivity contribution < 1.29 is 14.3 Å². The SMILES string of the molecule is COc1ccccc1N1CCN(C(=O)C2CCN(C(=O)c3ccc(C)cc3)CC2)CC1. The molecular formula is C25H31N3O3. The molecule has 0 atom stereocenters. The van der Waals surface area contributed by atoms with Gasteiger partial charge in [0.2, 0.25) is 5.91 Å². The van der Waals surface area contributed by atoms with Gasteiger partial charge in [0, 0.05) is 50.7 Å². The van der Waals surface area contributed by atoms with Crippen molar-refractivity contribution in [1.29, 1.82) is 0 Å². The summed E-state index contributed by atoms with van der Waals surface area (Å²) in [6.07, 6.45) is 1.48. The molecule has 2 aliphatic heterocycles. The molecule has 6 heteroatoms. The quantitative estimate of drug-likeness (QED) is 0.761. The lowest BCUT2D eigenvalue weighted by atomic mass is 9.94. The first kappa shape index (κ1) is 21.2. The zero-order valence-electron chi connectivity index (χ0n) is 18.4. The van der Waals surface area contributed by atoms with Crippen LogP contribution in [0.3, 0.4) is 0 Å². The van der Waals surface area contributed by atoms with Crippen molar-refractivity contribution in [3.8, 4) is 5.75 Å². The first-order valence-corrected chi connectivity index (χ1v) is 11.1. The fraction of sp³-hybridized carbons (Fsp3) is 0.440. The predicted molar refractivity (Wildman–Crippen MR) is 122 cm³/mol. The summed E-state index contributed by atoms with van der Waals surface area (Å²) in [6.45, 7) is 6.35. The number of piperidine rings is 1. The number of amides is 2. The number of carbonyl (C=O) groups excluding carboxylic acids is 2. The second kappa shape index (κ2) is 9.41. The number of nitrogens with zero attached hydrogens (tertiary/aromatic N) is 3. The van der Waals surface area contributed by atoms with Gasteiger partial charge in [-0.2, -0.15) is 0 Å². The van der Waals surface area contributed by atoms with Crippen LogP contribution in [0.5, 0.6) is 5.75 Å². The molecule has 0 bridgehead atoms. The first-order valence-electron chi connectivity index (χ1n) is 11.1. The van der Waals surface area contributed by atoms with Crippen LogP contribution in [0.1, 0.15) is 28.8 Å². The molecule has 0 N–H and O–H groups in total. The Morgan fingerprint density at radius 1 is 0.839 bits per heavy atom. The normalized spacial score (nSPS) is 17.5. The van der Waals surface area contributed by atoms with E-state index in [9.17, 15) is 9.59 Å². The van der Waals surface area contributed by atoms with Crippen molar-refractivity contribution in [1.82, 2.24) is 9.80 Å². The summed E-state index contributed by atoms with van der Waals surface area (Å²) < 4.78 is 5.48. The lowest BCUT2D eigenvalue weighted by Crippen LogP contribution is -2.52. The van der Waals surface area contributed by atoms with Crippen molar-refractivity contribution in [2.24, 2.45) is 5.92 Å². The minimum Gasteiger partial charge on any atom is -0.495 e. The molecule has 4 rings (SSSR count). The number of methoxy groups -OCH3 is 1. The van der Waals surface area contributed by atoms with Crippen LogP contribution < -0.4 is 9.64 Å². The van der Waals surface area contributed by atoms with E-state index in [0.29, 0.717) is 13.1 Å². The summed E-state index contributed by atoms with van der Waals surface area (Å²) in [5.41, 5.74) is 2.95. The van der Waals surface area contributed by atoms with Gasteiger partial charge in [-0.1, -0.05) is 29.8 Å². The van der Waals surface area contributed by atoms with Crippen LogP contribution in [0.2, 0.25) is 0 Å². The van der Waals surface area contributed by atoms with Crippen molar-refractivity contribution in [3.05, 3.63) is 59.7 Å². The smallest absolute Gasteiger partial charge is 0.253 e. The number of hydrogen-bond acceptors (Lipinski definition) is 4. The Kier molecular flexibility index (Phi) is 6.44. The maximum Gasteiger partial charge on any atom is 0.253 e. The van der Waals surface area contributed by atoms with Crippen LogP contribution in [0.4, 0.5) is 5.69 Å². The monoisotopic (exact) mass is 421 g/mol. The van der Waals surface area contributed by atoms with E-state index < -0.39 is 0 Å². The number of ether oxygens (including phenoxy) is 1. The predicted octanol–water partition coefficient (Wildman–Crippen LogP) is 3.20. The van der Waals surface area contributed by atoms with Crippen LogP contribution in [-0.2, 0) is 4.79 Å². The molecule has 0 saturated carbocycles. The highest BCUT2D eigenvalue weighted by molar-refractivity contribution is 5.94. The highest BCUT2D eigenvalue weighted by Gasteiger charge is 2.32. The standard InChI is InChI=1S/C25H31N3O3/c1-19-7-9-20(10-8-19)24(29)27-13-11-21(12-14-27)25(30)28-17-15-26(16-18-28)22-5-3-4-6-23(22)31-2/h3-10,21H,11-18H2,1-2H3.